The van der Waals surface area contributed by atoms with E-state index in [1.54, 1.807) is 18.2 Å². The molecule has 8 nitrogen and oxygen atoms in total. The first-order chi connectivity index (χ1) is 15.1. The predicted octanol–water partition coefficient (Wildman–Crippen LogP) is 3.66. The highest BCUT2D eigenvalue weighted by Crippen LogP contribution is 2.53. The zero-order valence-electron chi connectivity index (χ0n) is 20.3. The minimum Gasteiger partial charge on any atom is -0.510 e. The van der Waals surface area contributed by atoms with Crippen LogP contribution in [0.1, 0.15) is 34.6 Å². The summed E-state index contributed by atoms with van der Waals surface area (Å²) in [4.78, 5) is 27.1. The van der Waals surface area contributed by atoms with E-state index in [4.69, 9.17) is 9.16 Å². The monoisotopic (exact) mass is 515 g/mol. The Morgan fingerprint density at radius 2 is 1.70 bits per heavy atom. The molecule has 0 aromatic heterocycles. The molecule has 1 N–H and O–H groups in total. The summed E-state index contributed by atoms with van der Waals surface area (Å²) in [5.41, 5.74) is -1.93. The number of carbonyl (C=O) groups excluding carboxylic acids is 2. The lowest BCUT2D eigenvalue weighted by Crippen LogP contribution is -2.71. The normalized spacial score (nSPS) is 21.8. The molecule has 1 aliphatic heterocycles. The van der Waals surface area contributed by atoms with Crippen LogP contribution < -0.4 is 0 Å². The maximum absolute atomic E-state index is 13.5. The number of methoxy groups -OCH3 is 1. The second-order valence-electron chi connectivity index (χ2n) is 9.39. The summed E-state index contributed by atoms with van der Waals surface area (Å²) in [5.74, 6) is -2.75. The Bertz CT molecular complexity index is 1030. The fraction of sp³-hybridized carbons (Fsp3) is 0.545. The average Bonchev–Trinajstić information content (AvgIpc) is 2.69. The Morgan fingerprint density at radius 3 is 2.12 bits per heavy atom. The van der Waals surface area contributed by atoms with Crippen LogP contribution >= 0.6 is 10.8 Å². The number of allylic oxidation sites excluding steroid dienone is 1. The molecule has 1 aliphatic rings. The quantitative estimate of drug-likeness (QED) is 0.139. The highest BCUT2D eigenvalue weighted by molar-refractivity contribution is 8.72. The van der Waals surface area contributed by atoms with Crippen LogP contribution in [0.4, 0.5) is 0 Å². The van der Waals surface area contributed by atoms with Gasteiger partial charge in [0, 0.05) is 0 Å². The molecule has 11 heteroatoms. The van der Waals surface area contributed by atoms with Gasteiger partial charge in [0.2, 0.25) is 14.8 Å². The Balaban J connectivity index is 2.66. The fourth-order valence-corrected chi connectivity index (χ4v) is 8.96. The summed E-state index contributed by atoms with van der Waals surface area (Å²) in [5, 5.41) is 9.18. The van der Waals surface area contributed by atoms with E-state index in [2.05, 4.69) is 0 Å². The van der Waals surface area contributed by atoms with Crippen molar-refractivity contribution < 1.29 is 32.3 Å². The summed E-state index contributed by atoms with van der Waals surface area (Å²) >= 11 is 0. The van der Waals surface area contributed by atoms with Crippen molar-refractivity contribution in [2.24, 2.45) is 11.3 Å². The van der Waals surface area contributed by atoms with Gasteiger partial charge in [-0.3, -0.25) is 9.69 Å². The number of likely N-dealkylation sites (tertiary alicyclic amines) is 1. The number of esters is 1. The van der Waals surface area contributed by atoms with E-state index in [1.165, 1.54) is 19.1 Å². The SMILES string of the molecule is COC(=O)/C(=C(/C)O)N1C(=O)C([C@](C)(O[SiH](C)C)C(C)(C)C)C1SS(=O)(=O)c1ccccc1. The fourth-order valence-electron chi connectivity index (χ4n) is 3.80. The largest absolute Gasteiger partial charge is 0.510 e. The topological polar surface area (TPSA) is 110 Å². The van der Waals surface area contributed by atoms with Crippen molar-refractivity contribution in [3.63, 3.8) is 0 Å². The van der Waals surface area contributed by atoms with Crippen molar-refractivity contribution in [2.75, 3.05) is 7.11 Å². The number of aliphatic hydroxyl groups excluding tert-OH is 1. The lowest BCUT2D eigenvalue weighted by atomic mass is 9.66. The summed E-state index contributed by atoms with van der Waals surface area (Å²) in [6, 6.07) is 7.86. The number of nitrogens with zero attached hydrogens (tertiary/aromatic N) is 1. The van der Waals surface area contributed by atoms with E-state index in [9.17, 15) is 23.1 Å². The van der Waals surface area contributed by atoms with Crippen LogP contribution in [-0.4, -0.2) is 57.4 Å². The van der Waals surface area contributed by atoms with Crippen LogP contribution in [0.5, 0.6) is 0 Å². The second-order valence-corrected chi connectivity index (χ2v) is 15.7. The number of aliphatic hydroxyl groups is 1. The highest BCUT2D eigenvalue weighted by atomic mass is 33.1. The van der Waals surface area contributed by atoms with E-state index >= 15 is 0 Å². The molecule has 3 atom stereocenters. The Kier molecular flexibility index (Phi) is 8.15. The summed E-state index contributed by atoms with van der Waals surface area (Å²) < 4.78 is 37.7. The first kappa shape index (κ1) is 27.4. The molecular formula is C22H33NO7S2Si. The first-order valence-corrected chi connectivity index (χ1v) is 16.2. The molecule has 184 valence electrons. The highest BCUT2D eigenvalue weighted by Gasteiger charge is 2.64. The minimum absolute atomic E-state index is 0.0778. The van der Waals surface area contributed by atoms with E-state index < -0.39 is 57.9 Å². The number of ether oxygens (including phenoxy) is 1. The van der Waals surface area contributed by atoms with Gasteiger partial charge in [0.25, 0.3) is 0 Å². The van der Waals surface area contributed by atoms with E-state index in [-0.39, 0.29) is 10.6 Å². The maximum atomic E-state index is 13.5. The number of amides is 1. The van der Waals surface area contributed by atoms with Crippen molar-refractivity contribution in [3.8, 4) is 0 Å². The van der Waals surface area contributed by atoms with Crippen LogP contribution in [0, 0.1) is 11.3 Å². The molecule has 0 bridgehead atoms. The van der Waals surface area contributed by atoms with Gasteiger partial charge in [0.1, 0.15) is 11.1 Å². The molecule has 1 saturated heterocycles. The van der Waals surface area contributed by atoms with Gasteiger partial charge in [0.15, 0.2) is 14.7 Å². The molecule has 1 aromatic rings. The summed E-state index contributed by atoms with van der Waals surface area (Å²) in [6.07, 6.45) is 0. The Labute approximate surface area is 201 Å². The van der Waals surface area contributed by atoms with Gasteiger partial charge in [-0.15, -0.1) is 0 Å². The smallest absolute Gasteiger partial charge is 0.358 e. The van der Waals surface area contributed by atoms with Crippen molar-refractivity contribution in [1.29, 1.82) is 0 Å². The zero-order chi connectivity index (χ0) is 25.4. The molecule has 2 unspecified atom stereocenters. The van der Waals surface area contributed by atoms with E-state index in [1.807, 2.05) is 40.8 Å². The molecule has 1 fully saturated rings. The van der Waals surface area contributed by atoms with Crippen molar-refractivity contribution in [2.45, 2.75) is 63.6 Å². The molecule has 33 heavy (non-hydrogen) atoms. The summed E-state index contributed by atoms with van der Waals surface area (Å²) in [6.45, 7) is 12.8. The molecule has 1 heterocycles. The lowest BCUT2D eigenvalue weighted by molar-refractivity contribution is -0.175. The van der Waals surface area contributed by atoms with Gasteiger partial charge in [-0.25, -0.2) is 13.2 Å². The van der Waals surface area contributed by atoms with Crippen LogP contribution in [0.25, 0.3) is 0 Å². The molecular weight excluding hydrogens is 482 g/mol. The Morgan fingerprint density at radius 1 is 1.15 bits per heavy atom. The third-order valence-electron chi connectivity index (χ3n) is 5.83. The molecule has 1 amide bonds. The molecule has 0 spiro atoms. The van der Waals surface area contributed by atoms with Gasteiger partial charge in [0.05, 0.1) is 23.5 Å². The number of hydrogen-bond acceptors (Lipinski definition) is 8. The van der Waals surface area contributed by atoms with Crippen molar-refractivity contribution in [1.82, 2.24) is 4.90 Å². The standard InChI is InChI=1S/C22H33NO7S2Si/c1-14(24)17(20(26)29-6)23-18(25)16(22(5,21(2,3)4)30-33(7)8)19(23)31-32(27,28)15-12-10-9-11-13-15/h9-13,16,19,24,33H,1-8H3/b17-14+/t16?,19?,22-/m0/s1. The summed E-state index contributed by atoms with van der Waals surface area (Å²) in [7, 11) is -3.89. The Hall–Kier alpha value is -1.82. The van der Waals surface area contributed by atoms with Crippen molar-refractivity contribution in [3.05, 3.63) is 41.8 Å². The third kappa shape index (κ3) is 5.31. The second kappa shape index (κ2) is 9.81. The molecule has 0 saturated carbocycles. The van der Waals surface area contributed by atoms with Crippen LogP contribution in [-0.2, 0) is 27.6 Å². The zero-order valence-corrected chi connectivity index (χ0v) is 23.1. The van der Waals surface area contributed by atoms with Gasteiger partial charge < -0.3 is 14.3 Å². The minimum atomic E-state index is -3.91. The molecule has 0 radical (unpaired) electrons. The van der Waals surface area contributed by atoms with Gasteiger partial charge in [-0.1, -0.05) is 39.0 Å². The van der Waals surface area contributed by atoms with E-state index in [0.717, 1.165) is 12.0 Å². The van der Waals surface area contributed by atoms with Crippen LogP contribution in [0.3, 0.4) is 0 Å². The lowest BCUT2D eigenvalue weighted by Gasteiger charge is -2.57. The van der Waals surface area contributed by atoms with Crippen LogP contribution in [0.15, 0.2) is 46.7 Å². The van der Waals surface area contributed by atoms with E-state index in [0.29, 0.717) is 10.8 Å². The van der Waals surface area contributed by atoms with Gasteiger partial charge >= 0.3 is 5.97 Å². The average molecular weight is 516 g/mol. The van der Waals surface area contributed by atoms with Gasteiger partial charge in [-0.2, -0.15) is 0 Å². The van der Waals surface area contributed by atoms with Crippen molar-refractivity contribution >= 4 is 40.6 Å². The molecule has 1 aromatic carbocycles. The predicted molar refractivity (Wildman–Crippen MR) is 131 cm³/mol. The number of rotatable bonds is 8. The number of carbonyl (C=O) groups is 2. The number of benzene rings is 1. The molecule has 2 rings (SSSR count). The first-order valence-electron chi connectivity index (χ1n) is 10.6. The third-order valence-corrected chi connectivity index (χ3v) is 10.5. The number of β-lactam (4-membered cyclic amide) rings is 1. The van der Waals surface area contributed by atoms with Gasteiger partial charge in [-0.05, 0) is 55.3 Å². The van der Waals surface area contributed by atoms with Crippen LogP contribution in [0.2, 0.25) is 13.1 Å². The molecule has 0 aliphatic carbocycles. The maximum Gasteiger partial charge on any atom is 0.358 e. The number of hydrogen-bond donors (Lipinski definition) is 1.